The highest BCUT2D eigenvalue weighted by atomic mass is 32.2. The van der Waals surface area contributed by atoms with E-state index in [-0.39, 0.29) is 5.75 Å². The fourth-order valence-electron chi connectivity index (χ4n) is 2.89. The summed E-state index contributed by atoms with van der Waals surface area (Å²) in [5.41, 5.74) is 0.438. The van der Waals surface area contributed by atoms with E-state index in [0.29, 0.717) is 25.1 Å². The lowest BCUT2D eigenvalue weighted by atomic mass is 10.2. The Labute approximate surface area is 169 Å². The first-order valence-corrected chi connectivity index (χ1v) is 10.5. The normalized spacial score (nSPS) is 17.8. The predicted octanol–water partition coefficient (Wildman–Crippen LogP) is 2.89. The maximum Gasteiger partial charge on any atom is 0.410 e. The number of carboxylic acid groups (broad SMARTS) is 1. The first-order valence-electron chi connectivity index (χ1n) is 9.32. The molecule has 2 rings (SSSR count). The Morgan fingerprint density at radius 3 is 2.57 bits per heavy atom. The Bertz CT molecular complexity index is 690. The van der Waals surface area contributed by atoms with E-state index in [1.54, 1.807) is 20.8 Å². The molecular formula is C20H28N2O5S. The predicted molar refractivity (Wildman–Crippen MR) is 108 cm³/mol. The Kier molecular flexibility index (Phi) is 7.74. The van der Waals surface area contributed by atoms with Crippen molar-refractivity contribution in [3.63, 3.8) is 0 Å². The summed E-state index contributed by atoms with van der Waals surface area (Å²) < 4.78 is 5.35. The SMILES string of the molecule is CC(C)(C)OC(=O)N1CCC[C@H]1C(=O)N[C@@H](CSCc1ccccc1)C(=O)O. The Balaban J connectivity index is 1.91. The molecule has 0 radical (unpaired) electrons. The third-order valence-electron chi connectivity index (χ3n) is 4.19. The van der Waals surface area contributed by atoms with Crippen LogP contribution in [-0.4, -0.2) is 58.0 Å². The van der Waals surface area contributed by atoms with Gasteiger partial charge in [0.05, 0.1) is 0 Å². The van der Waals surface area contributed by atoms with E-state index in [1.165, 1.54) is 16.7 Å². The van der Waals surface area contributed by atoms with Crippen molar-refractivity contribution in [2.24, 2.45) is 0 Å². The third kappa shape index (κ3) is 6.74. The number of aliphatic carboxylic acids is 1. The molecule has 0 unspecified atom stereocenters. The molecule has 154 valence electrons. The number of carboxylic acids is 1. The van der Waals surface area contributed by atoms with Gasteiger partial charge >= 0.3 is 12.1 Å². The molecule has 0 saturated carbocycles. The molecule has 2 amide bonds. The summed E-state index contributed by atoms with van der Waals surface area (Å²) in [6.45, 7) is 5.72. The zero-order valence-electron chi connectivity index (χ0n) is 16.5. The van der Waals surface area contributed by atoms with Crippen molar-refractivity contribution in [2.75, 3.05) is 12.3 Å². The lowest BCUT2D eigenvalue weighted by Gasteiger charge is -2.28. The molecule has 1 saturated heterocycles. The van der Waals surface area contributed by atoms with Crippen molar-refractivity contribution < 1.29 is 24.2 Å². The average Bonchev–Trinajstić information content (AvgIpc) is 3.10. The number of nitrogens with zero attached hydrogens (tertiary/aromatic N) is 1. The van der Waals surface area contributed by atoms with Crippen LogP contribution in [0.4, 0.5) is 4.79 Å². The second-order valence-corrected chi connectivity index (χ2v) is 8.76. The van der Waals surface area contributed by atoms with Gasteiger partial charge in [-0.05, 0) is 39.2 Å². The molecule has 1 fully saturated rings. The number of hydrogen-bond acceptors (Lipinski definition) is 5. The molecule has 2 N–H and O–H groups in total. The smallest absolute Gasteiger partial charge is 0.410 e. The van der Waals surface area contributed by atoms with Crippen molar-refractivity contribution in [1.29, 1.82) is 0 Å². The number of likely N-dealkylation sites (tertiary alicyclic amines) is 1. The van der Waals surface area contributed by atoms with Crippen LogP contribution in [0.15, 0.2) is 30.3 Å². The van der Waals surface area contributed by atoms with Gasteiger partial charge in [-0.3, -0.25) is 9.69 Å². The first-order chi connectivity index (χ1) is 13.2. The Morgan fingerprint density at radius 1 is 1.29 bits per heavy atom. The Morgan fingerprint density at radius 2 is 1.96 bits per heavy atom. The van der Waals surface area contributed by atoms with Crippen molar-refractivity contribution in [3.8, 4) is 0 Å². The van der Waals surface area contributed by atoms with Crippen molar-refractivity contribution in [3.05, 3.63) is 35.9 Å². The van der Waals surface area contributed by atoms with E-state index in [4.69, 9.17) is 4.74 Å². The monoisotopic (exact) mass is 408 g/mol. The highest BCUT2D eigenvalue weighted by Crippen LogP contribution is 2.21. The van der Waals surface area contributed by atoms with Crippen LogP contribution in [0.2, 0.25) is 0 Å². The molecule has 0 bridgehead atoms. The molecule has 2 atom stereocenters. The summed E-state index contributed by atoms with van der Waals surface area (Å²) >= 11 is 1.44. The van der Waals surface area contributed by atoms with E-state index < -0.39 is 35.7 Å². The van der Waals surface area contributed by atoms with Gasteiger partial charge in [0.25, 0.3) is 0 Å². The maximum atomic E-state index is 12.6. The van der Waals surface area contributed by atoms with Crippen LogP contribution in [-0.2, 0) is 20.1 Å². The van der Waals surface area contributed by atoms with Crippen LogP contribution in [0, 0.1) is 0 Å². The maximum absolute atomic E-state index is 12.6. The lowest BCUT2D eigenvalue weighted by molar-refractivity contribution is -0.141. The molecule has 1 aromatic carbocycles. The van der Waals surface area contributed by atoms with E-state index in [0.717, 1.165) is 5.56 Å². The molecular weight excluding hydrogens is 380 g/mol. The average molecular weight is 409 g/mol. The van der Waals surface area contributed by atoms with Crippen LogP contribution < -0.4 is 5.32 Å². The van der Waals surface area contributed by atoms with Crippen LogP contribution >= 0.6 is 11.8 Å². The topological polar surface area (TPSA) is 95.9 Å². The number of hydrogen-bond donors (Lipinski definition) is 2. The number of amides is 2. The van der Waals surface area contributed by atoms with E-state index >= 15 is 0 Å². The summed E-state index contributed by atoms with van der Waals surface area (Å²) in [5.74, 6) is -0.630. The molecule has 1 heterocycles. The van der Waals surface area contributed by atoms with Gasteiger partial charge in [-0.2, -0.15) is 11.8 Å². The molecule has 7 nitrogen and oxygen atoms in total. The van der Waals surface area contributed by atoms with Crippen LogP contribution in [0.25, 0.3) is 0 Å². The van der Waals surface area contributed by atoms with Gasteiger partial charge < -0.3 is 15.2 Å². The minimum atomic E-state index is -1.09. The number of benzene rings is 1. The summed E-state index contributed by atoms with van der Waals surface area (Å²) in [5, 5.41) is 12.0. The van der Waals surface area contributed by atoms with Crippen LogP contribution in [0.5, 0.6) is 0 Å². The number of rotatable bonds is 7. The number of carbonyl (C=O) groups excluding carboxylic acids is 2. The molecule has 28 heavy (non-hydrogen) atoms. The fourth-order valence-corrected chi connectivity index (χ4v) is 3.90. The molecule has 1 aliphatic heterocycles. The first kappa shape index (κ1) is 22.1. The quantitative estimate of drug-likeness (QED) is 0.720. The molecule has 1 aromatic rings. The van der Waals surface area contributed by atoms with Crippen LogP contribution in [0.3, 0.4) is 0 Å². The lowest BCUT2D eigenvalue weighted by Crippen LogP contribution is -2.52. The van der Waals surface area contributed by atoms with Crippen molar-refractivity contribution in [2.45, 2.75) is 57.1 Å². The summed E-state index contributed by atoms with van der Waals surface area (Å²) in [7, 11) is 0. The molecule has 0 aromatic heterocycles. The van der Waals surface area contributed by atoms with Gasteiger partial charge in [0.15, 0.2) is 0 Å². The van der Waals surface area contributed by atoms with Gasteiger partial charge in [-0.15, -0.1) is 0 Å². The van der Waals surface area contributed by atoms with E-state index in [9.17, 15) is 19.5 Å². The van der Waals surface area contributed by atoms with Crippen molar-refractivity contribution >= 4 is 29.7 Å². The number of ether oxygens (including phenoxy) is 1. The number of nitrogens with one attached hydrogen (secondary N) is 1. The van der Waals surface area contributed by atoms with Gasteiger partial charge in [0.2, 0.25) is 5.91 Å². The standard InChI is InChI=1S/C20H28N2O5S/c1-20(2,3)27-19(26)22-11-7-10-16(22)17(23)21-15(18(24)25)13-28-12-14-8-5-4-6-9-14/h4-6,8-9,15-16H,7,10-13H2,1-3H3,(H,21,23)(H,24,25)/t15-,16-/m0/s1. The number of carbonyl (C=O) groups is 3. The molecule has 8 heteroatoms. The van der Waals surface area contributed by atoms with Gasteiger partial charge in [-0.1, -0.05) is 30.3 Å². The summed E-state index contributed by atoms with van der Waals surface area (Å²) in [4.78, 5) is 37.9. The summed E-state index contributed by atoms with van der Waals surface area (Å²) in [6.07, 6.45) is 0.627. The highest BCUT2D eigenvalue weighted by molar-refractivity contribution is 7.98. The second-order valence-electron chi connectivity index (χ2n) is 7.73. The third-order valence-corrected chi connectivity index (χ3v) is 5.30. The summed E-state index contributed by atoms with van der Waals surface area (Å²) in [6, 6.07) is 8.01. The zero-order chi connectivity index (χ0) is 20.7. The molecule has 1 aliphatic rings. The second kappa shape index (κ2) is 9.82. The minimum absolute atomic E-state index is 0.245. The van der Waals surface area contributed by atoms with Crippen molar-refractivity contribution in [1.82, 2.24) is 10.2 Å². The van der Waals surface area contributed by atoms with Gasteiger partial charge in [0, 0.05) is 18.1 Å². The van der Waals surface area contributed by atoms with Crippen LogP contribution in [0.1, 0.15) is 39.2 Å². The Hall–Kier alpha value is -2.22. The number of thioether (sulfide) groups is 1. The van der Waals surface area contributed by atoms with Gasteiger partial charge in [-0.25, -0.2) is 9.59 Å². The molecule has 0 aliphatic carbocycles. The fraction of sp³-hybridized carbons (Fsp3) is 0.550. The van der Waals surface area contributed by atoms with E-state index in [2.05, 4.69) is 5.32 Å². The largest absolute Gasteiger partial charge is 0.480 e. The van der Waals surface area contributed by atoms with Gasteiger partial charge in [0.1, 0.15) is 17.7 Å². The molecule has 0 spiro atoms. The zero-order valence-corrected chi connectivity index (χ0v) is 17.3. The minimum Gasteiger partial charge on any atom is -0.480 e. The van der Waals surface area contributed by atoms with E-state index in [1.807, 2.05) is 30.3 Å². The highest BCUT2D eigenvalue weighted by Gasteiger charge is 2.37.